The number of para-hydroxylation sites is 1. The summed E-state index contributed by atoms with van der Waals surface area (Å²) >= 11 is 0. The molecule has 5 nitrogen and oxygen atoms in total. The van der Waals surface area contributed by atoms with E-state index >= 15 is 0 Å². The van der Waals surface area contributed by atoms with Crippen molar-refractivity contribution < 1.29 is 9.53 Å². The third-order valence-electron chi connectivity index (χ3n) is 4.67. The van der Waals surface area contributed by atoms with Gasteiger partial charge in [0, 0.05) is 24.5 Å². The molecule has 26 heavy (non-hydrogen) atoms. The third kappa shape index (κ3) is 5.41. The van der Waals surface area contributed by atoms with Crippen LogP contribution in [0.1, 0.15) is 19.8 Å². The van der Waals surface area contributed by atoms with E-state index in [0.29, 0.717) is 13.2 Å². The molecule has 3 rings (SSSR count). The molecule has 2 amide bonds. The summed E-state index contributed by atoms with van der Waals surface area (Å²) in [6, 6.07) is 17.4. The van der Waals surface area contributed by atoms with E-state index < -0.39 is 0 Å². The lowest BCUT2D eigenvalue weighted by molar-refractivity contribution is 0.247. The van der Waals surface area contributed by atoms with Crippen molar-refractivity contribution in [2.45, 2.75) is 19.8 Å². The summed E-state index contributed by atoms with van der Waals surface area (Å²) in [4.78, 5) is 14.4. The normalized spacial score (nSPS) is 14.7. The predicted molar refractivity (Wildman–Crippen MR) is 106 cm³/mol. The minimum atomic E-state index is -0.221. The summed E-state index contributed by atoms with van der Waals surface area (Å²) in [6.45, 7) is 5.41. The molecule has 0 saturated carbocycles. The standard InChI is InChI=1S/C21H27N3O2/c1-17-11-14-24(15-12-17)19-9-7-18(8-10-19)23-21(25)22-13-16-26-20-5-3-2-4-6-20/h2-10,17H,11-16H2,1H3,(H2,22,23,25). The number of nitrogens with zero attached hydrogens (tertiary/aromatic N) is 1. The lowest BCUT2D eigenvalue weighted by atomic mass is 9.99. The van der Waals surface area contributed by atoms with Gasteiger partial charge in [-0.15, -0.1) is 0 Å². The number of carbonyl (C=O) groups is 1. The average Bonchev–Trinajstić information content (AvgIpc) is 2.67. The van der Waals surface area contributed by atoms with Crippen LogP contribution in [0, 0.1) is 5.92 Å². The van der Waals surface area contributed by atoms with Gasteiger partial charge in [-0.25, -0.2) is 4.79 Å². The molecule has 2 aromatic carbocycles. The summed E-state index contributed by atoms with van der Waals surface area (Å²) in [5.41, 5.74) is 2.01. The Balaban J connectivity index is 1.38. The molecule has 0 aromatic heterocycles. The van der Waals surface area contributed by atoms with Crippen LogP contribution in [0.3, 0.4) is 0 Å². The Hall–Kier alpha value is -2.69. The Morgan fingerprint density at radius 1 is 1.08 bits per heavy atom. The SMILES string of the molecule is CC1CCN(c2ccc(NC(=O)NCCOc3ccccc3)cc2)CC1. The van der Waals surface area contributed by atoms with Crippen LogP contribution in [-0.2, 0) is 0 Å². The molecule has 1 saturated heterocycles. The van der Waals surface area contributed by atoms with Crippen LogP contribution in [-0.4, -0.2) is 32.3 Å². The Morgan fingerprint density at radius 3 is 2.46 bits per heavy atom. The fourth-order valence-corrected chi connectivity index (χ4v) is 3.05. The molecule has 0 atom stereocenters. The van der Waals surface area contributed by atoms with Gasteiger partial charge >= 0.3 is 6.03 Å². The van der Waals surface area contributed by atoms with Crippen LogP contribution in [0.25, 0.3) is 0 Å². The fourth-order valence-electron chi connectivity index (χ4n) is 3.05. The van der Waals surface area contributed by atoms with Crippen LogP contribution in [0.5, 0.6) is 5.75 Å². The van der Waals surface area contributed by atoms with Crippen molar-refractivity contribution in [2.75, 3.05) is 36.5 Å². The van der Waals surface area contributed by atoms with Gasteiger partial charge in [0.2, 0.25) is 0 Å². The minimum Gasteiger partial charge on any atom is -0.492 e. The van der Waals surface area contributed by atoms with E-state index in [4.69, 9.17) is 4.74 Å². The van der Waals surface area contributed by atoms with E-state index in [9.17, 15) is 4.79 Å². The highest BCUT2D eigenvalue weighted by Gasteiger charge is 2.15. The van der Waals surface area contributed by atoms with Crippen molar-refractivity contribution in [3.8, 4) is 5.75 Å². The zero-order valence-corrected chi connectivity index (χ0v) is 15.3. The van der Waals surface area contributed by atoms with Gasteiger partial charge in [0.05, 0.1) is 6.54 Å². The Bertz CT molecular complexity index is 680. The lowest BCUT2D eigenvalue weighted by Crippen LogP contribution is -2.33. The molecule has 138 valence electrons. The Labute approximate surface area is 155 Å². The maximum atomic E-state index is 12.0. The highest BCUT2D eigenvalue weighted by molar-refractivity contribution is 5.89. The van der Waals surface area contributed by atoms with Crippen molar-refractivity contribution in [3.63, 3.8) is 0 Å². The lowest BCUT2D eigenvalue weighted by Gasteiger charge is -2.32. The van der Waals surface area contributed by atoms with Crippen LogP contribution in [0.15, 0.2) is 54.6 Å². The fraction of sp³-hybridized carbons (Fsp3) is 0.381. The quantitative estimate of drug-likeness (QED) is 0.768. The smallest absolute Gasteiger partial charge is 0.319 e. The molecule has 1 fully saturated rings. The van der Waals surface area contributed by atoms with Crippen molar-refractivity contribution in [2.24, 2.45) is 5.92 Å². The van der Waals surface area contributed by atoms with Gasteiger partial charge in [-0.1, -0.05) is 25.1 Å². The number of carbonyl (C=O) groups excluding carboxylic acids is 1. The average molecular weight is 353 g/mol. The topological polar surface area (TPSA) is 53.6 Å². The molecular formula is C21H27N3O2. The number of hydrogen-bond donors (Lipinski definition) is 2. The molecule has 0 unspecified atom stereocenters. The molecule has 0 bridgehead atoms. The maximum absolute atomic E-state index is 12.0. The molecule has 1 heterocycles. The predicted octanol–water partition coefficient (Wildman–Crippen LogP) is 4.12. The largest absolute Gasteiger partial charge is 0.492 e. The van der Waals surface area contributed by atoms with Crippen molar-refractivity contribution in [1.29, 1.82) is 0 Å². The first kappa shape index (κ1) is 18.1. The third-order valence-corrected chi connectivity index (χ3v) is 4.67. The van der Waals surface area contributed by atoms with Crippen molar-refractivity contribution >= 4 is 17.4 Å². The highest BCUT2D eigenvalue weighted by Crippen LogP contribution is 2.24. The Kier molecular flexibility index (Phi) is 6.36. The number of ether oxygens (including phenoxy) is 1. The van der Waals surface area contributed by atoms with E-state index in [0.717, 1.165) is 30.4 Å². The molecule has 0 spiro atoms. The van der Waals surface area contributed by atoms with Gasteiger partial charge in [-0.3, -0.25) is 0 Å². The summed E-state index contributed by atoms with van der Waals surface area (Å²) in [7, 11) is 0. The molecule has 5 heteroatoms. The van der Waals surface area contributed by atoms with Gasteiger partial charge in [0.1, 0.15) is 12.4 Å². The van der Waals surface area contributed by atoms with E-state index in [1.165, 1.54) is 18.5 Å². The number of amides is 2. The number of hydrogen-bond acceptors (Lipinski definition) is 3. The maximum Gasteiger partial charge on any atom is 0.319 e. The monoisotopic (exact) mass is 353 g/mol. The molecule has 1 aliphatic rings. The first-order chi connectivity index (χ1) is 12.7. The summed E-state index contributed by atoms with van der Waals surface area (Å²) in [6.07, 6.45) is 2.49. The second-order valence-corrected chi connectivity index (χ2v) is 6.76. The summed E-state index contributed by atoms with van der Waals surface area (Å²) < 4.78 is 5.55. The molecule has 2 N–H and O–H groups in total. The second-order valence-electron chi connectivity index (χ2n) is 6.76. The molecule has 0 aliphatic carbocycles. The van der Waals surface area contributed by atoms with Gasteiger partial charge in [0.25, 0.3) is 0 Å². The molecule has 1 aliphatic heterocycles. The van der Waals surface area contributed by atoms with Crippen LogP contribution in [0.4, 0.5) is 16.2 Å². The number of piperidine rings is 1. The van der Waals surface area contributed by atoms with Crippen LogP contribution in [0.2, 0.25) is 0 Å². The van der Waals surface area contributed by atoms with E-state index in [-0.39, 0.29) is 6.03 Å². The Morgan fingerprint density at radius 2 is 1.77 bits per heavy atom. The van der Waals surface area contributed by atoms with Crippen LogP contribution < -0.4 is 20.3 Å². The van der Waals surface area contributed by atoms with Crippen LogP contribution >= 0.6 is 0 Å². The number of nitrogens with one attached hydrogen (secondary N) is 2. The molecule has 0 radical (unpaired) electrons. The zero-order chi connectivity index (χ0) is 18.2. The highest BCUT2D eigenvalue weighted by atomic mass is 16.5. The van der Waals surface area contributed by atoms with Gasteiger partial charge in [-0.2, -0.15) is 0 Å². The summed E-state index contributed by atoms with van der Waals surface area (Å²) in [5.74, 6) is 1.62. The number of anilines is 2. The second kappa shape index (κ2) is 9.13. The number of rotatable bonds is 6. The van der Waals surface area contributed by atoms with E-state index in [2.05, 4.69) is 34.6 Å². The molecule has 2 aromatic rings. The first-order valence-electron chi connectivity index (χ1n) is 9.28. The van der Waals surface area contributed by atoms with E-state index in [1.807, 2.05) is 42.5 Å². The first-order valence-corrected chi connectivity index (χ1v) is 9.28. The van der Waals surface area contributed by atoms with Crippen molar-refractivity contribution in [3.05, 3.63) is 54.6 Å². The van der Waals surface area contributed by atoms with Crippen molar-refractivity contribution in [1.82, 2.24) is 5.32 Å². The van der Waals surface area contributed by atoms with Gasteiger partial charge < -0.3 is 20.3 Å². The van der Waals surface area contributed by atoms with E-state index in [1.54, 1.807) is 0 Å². The number of benzene rings is 2. The summed E-state index contributed by atoms with van der Waals surface area (Å²) in [5, 5.41) is 5.65. The molecular weight excluding hydrogens is 326 g/mol. The number of urea groups is 1. The van der Waals surface area contributed by atoms with Gasteiger partial charge in [0.15, 0.2) is 0 Å². The minimum absolute atomic E-state index is 0.221. The van der Waals surface area contributed by atoms with Gasteiger partial charge in [-0.05, 0) is 55.2 Å². The zero-order valence-electron chi connectivity index (χ0n) is 15.3.